The van der Waals surface area contributed by atoms with Crippen molar-refractivity contribution in [3.05, 3.63) is 41.7 Å². The van der Waals surface area contributed by atoms with Crippen LogP contribution in [0.5, 0.6) is 0 Å². The molecule has 0 unspecified atom stereocenters. The second kappa shape index (κ2) is 7.15. The predicted molar refractivity (Wildman–Crippen MR) is 88.5 cm³/mol. The summed E-state index contributed by atoms with van der Waals surface area (Å²) in [5.41, 5.74) is 1.34. The van der Waals surface area contributed by atoms with Gasteiger partial charge >= 0.3 is 0 Å². The zero-order valence-corrected chi connectivity index (χ0v) is 13.6. The maximum absolute atomic E-state index is 6.19. The Hall–Kier alpha value is -1.53. The first-order valence-electron chi connectivity index (χ1n) is 7.71. The molecule has 22 heavy (non-hydrogen) atoms. The summed E-state index contributed by atoms with van der Waals surface area (Å²) in [6.07, 6.45) is 1.95. The van der Waals surface area contributed by atoms with Crippen molar-refractivity contribution in [2.24, 2.45) is 0 Å². The average Bonchev–Trinajstić information content (AvgIpc) is 2.95. The maximum Gasteiger partial charge on any atom is 0.209 e. The van der Waals surface area contributed by atoms with Gasteiger partial charge in [-0.15, -0.1) is 10.2 Å². The van der Waals surface area contributed by atoms with E-state index in [0.29, 0.717) is 11.8 Å². The lowest BCUT2D eigenvalue weighted by Gasteiger charge is -2.20. The Morgan fingerprint density at radius 3 is 2.73 bits per heavy atom. The monoisotopic (exact) mass is 318 g/mol. The zero-order chi connectivity index (χ0) is 15.4. The van der Waals surface area contributed by atoms with Gasteiger partial charge in [-0.05, 0) is 24.3 Å². The summed E-state index contributed by atoms with van der Waals surface area (Å²) in [7, 11) is 0. The Balaban J connectivity index is 1.62. The zero-order valence-electron chi connectivity index (χ0n) is 12.8. The van der Waals surface area contributed by atoms with Crippen LogP contribution < -0.4 is 5.84 Å². The lowest BCUT2D eigenvalue weighted by atomic mass is 10.00. The van der Waals surface area contributed by atoms with Crippen LogP contribution in [0.1, 0.15) is 43.0 Å². The number of aromatic nitrogens is 3. The van der Waals surface area contributed by atoms with Gasteiger partial charge in [-0.3, -0.25) is 0 Å². The minimum atomic E-state index is 0.368. The highest BCUT2D eigenvalue weighted by molar-refractivity contribution is 7.99. The average molecular weight is 318 g/mol. The number of hydrogen-bond acceptors (Lipinski definition) is 5. The Morgan fingerprint density at radius 1 is 1.27 bits per heavy atom. The summed E-state index contributed by atoms with van der Waals surface area (Å²) >= 11 is 1.67. The van der Waals surface area contributed by atoms with Crippen LogP contribution in [0.4, 0.5) is 0 Å². The van der Waals surface area contributed by atoms with E-state index in [0.717, 1.165) is 42.8 Å². The highest BCUT2D eigenvalue weighted by Crippen LogP contribution is 2.29. The SMILES string of the molecule is C[C@H](CSc1nnc(C2CCOCC2)n1N)c1ccccc1. The molecule has 6 heteroatoms. The molecule has 2 aromatic rings. The molecule has 2 N–H and O–H groups in total. The van der Waals surface area contributed by atoms with Crippen molar-refractivity contribution in [2.75, 3.05) is 24.8 Å². The molecular formula is C16H22N4OS. The molecule has 1 aliphatic heterocycles. The summed E-state index contributed by atoms with van der Waals surface area (Å²) in [6, 6.07) is 10.5. The molecule has 1 aromatic heterocycles. The van der Waals surface area contributed by atoms with Crippen LogP contribution in [-0.2, 0) is 4.74 Å². The molecule has 0 spiro atoms. The smallest absolute Gasteiger partial charge is 0.209 e. The van der Waals surface area contributed by atoms with Crippen LogP contribution >= 0.6 is 11.8 Å². The van der Waals surface area contributed by atoms with Gasteiger partial charge in [0.1, 0.15) is 0 Å². The Kier molecular flexibility index (Phi) is 5.00. The van der Waals surface area contributed by atoms with Crippen molar-refractivity contribution in [1.82, 2.24) is 14.9 Å². The van der Waals surface area contributed by atoms with Gasteiger partial charge in [0.15, 0.2) is 5.82 Å². The van der Waals surface area contributed by atoms with Crippen molar-refractivity contribution in [1.29, 1.82) is 0 Å². The molecule has 0 radical (unpaired) electrons. The molecule has 1 aliphatic rings. The van der Waals surface area contributed by atoms with Crippen LogP contribution in [0.3, 0.4) is 0 Å². The molecule has 1 atom stereocenters. The van der Waals surface area contributed by atoms with E-state index < -0.39 is 0 Å². The molecule has 5 nitrogen and oxygen atoms in total. The molecule has 0 amide bonds. The number of benzene rings is 1. The fourth-order valence-electron chi connectivity index (χ4n) is 2.70. The van der Waals surface area contributed by atoms with Gasteiger partial charge in [0.05, 0.1) is 0 Å². The highest BCUT2D eigenvalue weighted by atomic mass is 32.2. The maximum atomic E-state index is 6.19. The molecule has 1 aromatic carbocycles. The van der Waals surface area contributed by atoms with E-state index in [1.807, 2.05) is 6.07 Å². The van der Waals surface area contributed by atoms with Gasteiger partial charge < -0.3 is 10.6 Å². The minimum Gasteiger partial charge on any atom is -0.381 e. The highest BCUT2D eigenvalue weighted by Gasteiger charge is 2.23. The second-order valence-electron chi connectivity index (χ2n) is 5.72. The number of nitrogens with zero attached hydrogens (tertiary/aromatic N) is 3. The van der Waals surface area contributed by atoms with Gasteiger partial charge in [-0.25, -0.2) is 4.68 Å². The van der Waals surface area contributed by atoms with E-state index in [9.17, 15) is 0 Å². The van der Waals surface area contributed by atoms with E-state index in [2.05, 4.69) is 41.4 Å². The van der Waals surface area contributed by atoms with Crippen LogP contribution in [0.15, 0.2) is 35.5 Å². The summed E-state index contributed by atoms with van der Waals surface area (Å²) in [5, 5.41) is 9.36. The largest absolute Gasteiger partial charge is 0.381 e. The van der Waals surface area contributed by atoms with Crippen molar-refractivity contribution >= 4 is 11.8 Å². The molecule has 0 aliphatic carbocycles. The fraction of sp³-hybridized carbons (Fsp3) is 0.500. The number of nitrogens with two attached hydrogens (primary N) is 1. The number of rotatable bonds is 5. The third-order valence-electron chi connectivity index (χ3n) is 4.11. The van der Waals surface area contributed by atoms with E-state index in [4.69, 9.17) is 10.6 Å². The van der Waals surface area contributed by atoms with E-state index >= 15 is 0 Å². The molecular weight excluding hydrogens is 296 g/mol. The normalized spacial score (nSPS) is 17.5. The Labute approximate surface area is 135 Å². The summed E-state index contributed by atoms with van der Waals surface area (Å²) in [5.74, 6) is 8.83. The second-order valence-corrected chi connectivity index (χ2v) is 6.71. The van der Waals surface area contributed by atoms with Crippen LogP contribution in [0, 0.1) is 0 Å². The predicted octanol–water partition coefficient (Wildman–Crippen LogP) is 2.78. The Morgan fingerprint density at radius 2 is 2.00 bits per heavy atom. The third-order valence-corrected chi connectivity index (χ3v) is 5.31. The van der Waals surface area contributed by atoms with Crippen molar-refractivity contribution in [3.63, 3.8) is 0 Å². The standard InChI is InChI=1S/C16H22N4OS/c1-12(13-5-3-2-4-6-13)11-22-16-19-18-15(20(16)17)14-7-9-21-10-8-14/h2-6,12,14H,7-11,17H2,1H3/t12-/m1/s1. The van der Waals surface area contributed by atoms with E-state index in [-0.39, 0.29) is 0 Å². The van der Waals surface area contributed by atoms with Crippen LogP contribution in [-0.4, -0.2) is 33.8 Å². The lowest BCUT2D eigenvalue weighted by molar-refractivity contribution is 0.0830. The first-order chi connectivity index (χ1) is 10.8. The molecule has 3 rings (SSSR count). The van der Waals surface area contributed by atoms with Gasteiger partial charge in [0.2, 0.25) is 5.16 Å². The lowest BCUT2D eigenvalue weighted by Crippen LogP contribution is -2.22. The molecule has 1 fully saturated rings. The van der Waals surface area contributed by atoms with Crippen molar-refractivity contribution < 1.29 is 4.74 Å². The molecule has 118 valence electrons. The molecule has 0 saturated carbocycles. The summed E-state index contributed by atoms with van der Waals surface area (Å²) < 4.78 is 7.06. The van der Waals surface area contributed by atoms with Gasteiger partial charge in [0.25, 0.3) is 0 Å². The Bertz CT molecular complexity index is 595. The van der Waals surface area contributed by atoms with E-state index in [1.165, 1.54) is 5.56 Å². The third kappa shape index (κ3) is 3.44. The first-order valence-corrected chi connectivity index (χ1v) is 8.70. The van der Waals surface area contributed by atoms with Crippen LogP contribution in [0.2, 0.25) is 0 Å². The number of hydrogen-bond donors (Lipinski definition) is 1. The quantitative estimate of drug-likeness (QED) is 0.678. The summed E-state index contributed by atoms with van der Waals surface area (Å²) in [4.78, 5) is 0. The van der Waals surface area contributed by atoms with Gasteiger partial charge in [-0.2, -0.15) is 0 Å². The molecule has 1 saturated heterocycles. The summed E-state index contributed by atoms with van der Waals surface area (Å²) in [6.45, 7) is 3.79. The minimum absolute atomic E-state index is 0.368. The number of ether oxygens (including phenoxy) is 1. The first kappa shape index (κ1) is 15.4. The molecule has 2 heterocycles. The van der Waals surface area contributed by atoms with Gasteiger partial charge in [-0.1, -0.05) is 49.0 Å². The number of nitrogen functional groups attached to an aromatic ring is 1. The molecule has 0 bridgehead atoms. The fourth-order valence-corrected chi connectivity index (χ4v) is 3.62. The van der Waals surface area contributed by atoms with Crippen molar-refractivity contribution in [2.45, 2.75) is 36.8 Å². The number of thioether (sulfide) groups is 1. The van der Waals surface area contributed by atoms with Crippen molar-refractivity contribution in [3.8, 4) is 0 Å². The topological polar surface area (TPSA) is 66.0 Å². The van der Waals surface area contributed by atoms with E-state index in [1.54, 1.807) is 16.4 Å². The van der Waals surface area contributed by atoms with Crippen LogP contribution in [0.25, 0.3) is 0 Å². The van der Waals surface area contributed by atoms with Gasteiger partial charge in [0, 0.05) is 24.9 Å².